The van der Waals surface area contributed by atoms with Crippen LogP contribution >= 0.6 is 0 Å². The maximum absolute atomic E-state index is 12.0. The molecule has 0 spiro atoms. The second-order valence-electron chi connectivity index (χ2n) is 5.39. The smallest absolute Gasteiger partial charge is 0.220 e. The van der Waals surface area contributed by atoms with Crippen molar-refractivity contribution in [2.75, 3.05) is 0 Å². The van der Waals surface area contributed by atoms with Gasteiger partial charge in [-0.15, -0.1) is 0 Å². The van der Waals surface area contributed by atoms with Crippen LogP contribution in [0, 0.1) is 6.92 Å². The van der Waals surface area contributed by atoms with Crippen LogP contribution in [0.5, 0.6) is 0 Å². The summed E-state index contributed by atoms with van der Waals surface area (Å²) in [5, 5.41) is 7.13. The maximum atomic E-state index is 12.0. The predicted molar refractivity (Wildman–Crippen MR) is 81.8 cm³/mol. The number of pyridine rings is 1. The first kappa shape index (κ1) is 15.2. The van der Waals surface area contributed by atoms with Crippen LogP contribution in [0.4, 0.5) is 0 Å². The molecule has 1 amide bonds. The third kappa shape index (κ3) is 4.41. The first-order valence-electron chi connectivity index (χ1n) is 7.23. The lowest BCUT2D eigenvalue weighted by atomic mass is 10.1. The van der Waals surface area contributed by atoms with E-state index in [0.29, 0.717) is 12.8 Å². The number of carbonyl (C=O) groups is 1. The average molecular weight is 286 g/mol. The van der Waals surface area contributed by atoms with Crippen molar-refractivity contribution in [3.63, 3.8) is 0 Å². The van der Waals surface area contributed by atoms with Gasteiger partial charge in [-0.2, -0.15) is 5.10 Å². The van der Waals surface area contributed by atoms with E-state index < -0.39 is 0 Å². The van der Waals surface area contributed by atoms with Crippen LogP contribution in [-0.2, 0) is 24.7 Å². The number of carbonyl (C=O) groups excluding carboxylic acids is 1. The molecule has 0 aliphatic heterocycles. The Balaban J connectivity index is 1.80. The Labute approximate surface area is 125 Å². The lowest BCUT2D eigenvalue weighted by Crippen LogP contribution is -2.34. The normalized spacial score (nSPS) is 12.1. The van der Waals surface area contributed by atoms with Gasteiger partial charge in [0.15, 0.2) is 0 Å². The Hall–Kier alpha value is -2.17. The van der Waals surface area contributed by atoms with Gasteiger partial charge in [0.25, 0.3) is 0 Å². The molecule has 0 aliphatic carbocycles. The number of aryl methyl sites for hydroxylation is 3. The molecule has 5 heteroatoms. The molecule has 0 radical (unpaired) electrons. The van der Waals surface area contributed by atoms with E-state index >= 15 is 0 Å². The molecule has 1 N–H and O–H groups in total. The topological polar surface area (TPSA) is 59.8 Å². The van der Waals surface area contributed by atoms with Gasteiger partial charge in [0.1, 0.15) is 0 Å². The number of amides is 1. The van der Waals surface area contributed by atoms with E-state index in [9.17, 15) is 4.79 Å². The van der Waals surface area contributed by atoms with Crippen LogP contribution < -0.4 is 5.32 Å². The van der Waals surface area contributed by atoms with Crippen molar-refractivity contribution in [1.29, 1.82) is 0 Å². The zero-order chi connectivity index (χ0) is 15.2. The van der Waals surface area contributed by atoms with E-state index in [1.807, 2.05) is 39.1 Å². The molecule has 0 bridgehead atoms. The molecule has 0 aliphatic rings. The Morgan fingerprint density at radius 2 is 2.19 bits per heavy atom. The zero-order valence-electron chi connectivity index (χ0n) is 12.8. The van der Waals surface area contributed by atoms with Gasteiger partial charge in [0.2, 0.25) is 5.91 Å². The number of aromatic nitrogens is 3. The van der Waals surface area contributed by atoms with Crippen LogP contribution in [0.25, 0.3) is 0 Å². The monoisotopic (exact) mass is 286 g/mol. The van der Waals surface area contributed by atoms with E-state index in [1.54, 1.807) is 17.1 Å². The Bertz CT molecular complexity index is 606. The number of hydrogen-bond donors (Lipinski definition) is 1. The fourth-order valence-corrected chi connectivity index (χ4v) is 2.31. The summed E-state index contributed by atoms with van der Waals surface area (Å²) in [7, 11) is 1.89. The van der Waals surface area contributed by atoms with Crippen molar-refractivity contribution in [3.8, 4) is 0 Å². The predicted octanol–water partition coefficient (Wildman–Crippen LogP) is 1.80. The fourth-order valence-electron chi connectivity index (χ4n) is 2.31. The third-order valence-corrected chi connectivity index (χ3v) is 3.56. The molecule has 0 aromatic carbocycles. The highest BCUT2D eigenvalue weighted by molar-refractivity contribution is 5.76. The summed E-state index contributed by atoms with van der Waals surface area (Å²) in [6, 6.07) is 5.99. The summed E-state index contributed by atoms with van der Waals surface area (Å²) in [6.07, 6.45) is 5.48. The van der Waals surface area contributed by atoms with Crippen molar-refractivity contribution in [2.24, 2.45) is 7.05 Å². The number of nitrogens with zero attached hydrogens (tertiary/aromatic N) is 3. The molecule has 0 fully saturated rings. The Kier molecular flexibility index (Phi) is 5.09. The highest BCUT2D eigenvalue weighted by atomic mass is 16.1. The highest BCUT2D eigenvalue weighted by Gasteiger charge is 2.11. The second kappa shape index (κ2) is 7.02. The van der Waals surface area contributed by atoms with Gasteiger partial charge in [-0.25, -0.2) is 0 Å². The number of nitrogens with one attached hydrogen (secondary N) is 1. The van der Waals surface area contributed by atoms with Crippen molar-refractivity contribution in [1.82, 2.24) is 20.1 Å². The molecule has 2 aromatic rings. The summed E-state index contributed by atoms with van der Waals surface area (Å²) in [5.41, 5.74) is 3.27. The summed E-state index contributed by atoms with van der Waals surface area (Å²) in [6.45, 7) is 4.05. The molecule has 1 atom stereocenters. The molecule has 2 heterocycles. The molecule has 112 valence electrons. The highest BCUT2D eigenvalue weighted by Crippen LogP contribution is 2.07. The minimum absolute atomic E-state index is 0.0669. The second-order valence-corrected chi connectivity index (χ2v) is 5.39. The lowest BCUT2D eigenvalue weighted by molar-refractivity contribution is -0.121. The van der Waals surface area contributed by atoms with Gasteiger partial charge in [-0.3, -0.25) is 14.5 Å². The first-order chi connectivity index (χ1) is 10.1. The number of hydrogen-bond acceptors (Lipinski definition) is 3. The van der Waals surface area contributed by atoms with E-state index in [4.69, 9.17) is 0 Å². The van der Waals surface area contributed by atoms with Gasteiger partial charge in [-0.05, 0) is 38.0 Å². The van der Waals surface area contributed by atoms with Crippen LogP contribution in [0.3, 0.4) is 0 Å². The summed E-state index contributed by atoms with van der Waals surface area (Å²) in [5.74, 6) is 0.0669. The third-order valence-electron chi connectivity index (χ3n) is 3.56. The SMILES string of the molecule is Cc1cccnc1CC(C)NC(=O)CCc1ccnn1C. The Morgan fingerprint density at radius 1 is 1.38 bits per heavy atom. The van der Waals surface area contributed by atoms with Gasteiger partial charge >= 0.3 is 0 Å². The molecule has 2 rings (SSSR count). The van der Waals surface area contributed by atoms with E-state index in [-0.39, 0.29) is 11.9 Å². The van der Waals surface area contributed by atoms with Crippen molar-refractivity contribution >= 4 is 5.91 Å². The van der Waals surface area contributed by atoms with Crippen molar-refractivity contribution in [2.45, 2.75) is 39.2 Å². The molecule has 0 saturated heterocycles. The maximum Gasteiger partial charge on any atom is 0.220 e. The fraction of sp³-hybridized carbons (Fsp3) is 0.438. The standard InChI is InChI=1S/C16H22N4O/c1-12-5-4-9-17-15(12)11-13(2)19-16(21)7-6-14-8-10-18-20(14)3/h4-5,8-10,13H,6-7,11H2,1-3H3,(H,19,21). The molecule has 1 unspecified atom stereocenters. The minimum Gasteiger partial charge on any atom is -0.353 e. The average Bonchev–Trinajstić information content (AvgIpc) is 2.84. The van der Waals surface area contributed by atoms with Crippen LogP contribution in [0.1, 0.15) is 30.3 Å². The quantitative estimate of drug-likeness (QED) is 0.881. The molecular weight excluding hydrogens is 264 g/mol. The van der Waals surface area contributed by atoms with E-state index in [0.717, 1.165) is 23.4 Å². The molecule has 21 heavy (non-hydrogen) atoms. The summed E-state index contributed by atoms with van der Waals surface area (Å²) in [4.78, 5) is 16.3. The van der Waals surface area contributed by atoms with Gasteiger partial charge < -0.3 is 5.32 Å². The number of rotatable bonds is 6. The van der Waals surface area contributed by atoms with Crippen LogP contribution in [-0.4, -0.2) is 26.7 Å². The molecule has 0 saturated carbocycles. The van der Waals surface area contributed by atoms with Gasteiger partial charge in [0.05, 0.1) is 0 Å². The molecular formula is C16H22N4O. The minimum atomic E-state index is 0.0669. The van der Waals surface area contributed by atoms with Gasteiger partial charge in [0, 0.05) is 49.7 Å². The van der Waals surface area contributed by atoms with Gasteiger partial charge in [-0.1, -0.05) is 6.07 Å². The van der Waals surface area contributed by atoms with E-state index in [1.165, 1.54) is 0 Å². The Morgan fingerprint density at radius 3 is 2.86 bits per heavy atom. The summed E-state index contributed by atoms with van der Waals surface area (Å²) < 4.78 is 1.80. The summed E-state index contributed by atoms with van der Waals surface area (Å²) >= 11 is 0. The van der Waals surface area contributed by atoms with Crippen LogP contribution in [0.15, 0.2) is 30.6 Å². The molecule has 5 nitrogen and oxygen atoms in total. The lowest BCUT2D eigenvalue weighted by Gasteiger charge is -2.14. The zero-order valence-corrected chi connectivity index (χ0v) is 12.8. The van der Waals surface area contributed by atoms with Crippen LogP contribution in [0.2, 0.25) is 0 Å². The van der Waals surface area contributed by atoms with Crippen molar-refractivity contribution < 1.29 is 4.79 Å². The molecule has 2 aromatic heterocycles. The largest absolute Gasteiger partial charge is 0.353 e. The van der Waals surface area contributed by atoms with Crippen molar-refractivity contribution in [3.05, 3.63) is 47.5 Å². The van der Waals surface area contributed by atoms with E-state index in [2.05, 4.69) is 15.4 Å². The first-order valence-corrected chi connectivity index (χ1v) is 7.23.